The number of H-pyrrole nitrogens is 1. The minimum atomic E-state index is -0.458. The van der Waals surface area contributed by atoms with E-state index in [-0.39, 0.29) is 48.8 Å². The van der Waals surface area contributed by atoms with Crippen LogP contribution in [0.15, 0.2) is 29.1 Å². The number of nitrogen functional groups attached to an aromatic ring is 1. The van der Waals surface area contributed by atoms with Gasteiger partial charge in [-0.3, -0.25) is 14.2 Å². The Morgan fingerprint density at radius 1 is 0.920 bits per heavy atom. The molecule has 0 spiro atoms. The number of carbonyl (C=O) groups is 2. The lowest BCUT2D eigenvalue weighted by Crippen LogP contribution is -2.35. The van der Waals surface area contributed by atoms with E-state index in [0.29, 0.717) is 102 Å². The van der Waals surface area contributed by atoms with Crippen molar-refractivity contribution in [1.29, 1.82) is 0 Å². The number of hydrogen-bond acceptors (Lipinski definition) is 13. The second-order valence-electron chi connectivity index (χ2n) is 11.2. The van der Waals surface area contributed by atoms with Gasteiger partial charge in [-0.25, -0.2) is 4.79 Å². The van der Waals surface area contributed by atoms with Crippen LogP contribution >= 0.6 is 11.8 Å². The zero-order valence-corrected chi connectivity index (χ0v) is 30.2. The van der Waals surface area contributed by atoms with Gasteiger partial charge < -0.3 is 44.5 Å². The number of benzene rings is 1. The molecule has 4 N–H and O–H groups in total. The van der Waals surface area contributed by atoms with Gasteiger partial charge in [-0.2, -0.15) is 21.7 Å². The first-order chi connectivity index (χ1) is 24.4. The molecule has 2 heterocycles. The molecule has 0 fully saturated rings. The van der Waals surface area contributed by atoms with Crippen LogP contribution in [0.25, 0.3) is 11.2 Å². The van der Waals surface area contributed by atoms with Gasteiger partial charge in [-0.05, 0) is 31.4 Å². The second-order valence-corrected chi connectivity index (χ2v) is 12.3. The molecule has 278 valence electrons. The number of imidazole rings is 1. The van der Waals surface area contributed by atoms with Gasteiger partial charge in [0.15, 0.2) is 11.5 Å². The summed E-state index contributed by atoms with van der Waals surface area (Å²) in [5.41, 5.74) is 8.18. The van der Waals surface area contributed by atoms with Gasteiger partial charge in [0, 0.05) is 51.2 Å². The number of Topliss-reactive ketones (excluding diaryl/α,β-unsaturated/α-hetero) is 1. The Hall–Kier alpha value is -3.54. The van der Waals surface area contributed by atoms with E-state index in [1.807, 2.05) is 38.1 Å². The first-order valence-electron chi connectivity index (χ1n) is 17.0. The van der Waals surface area contributed by atoms with Crippen molar-refractivity contribution >= 4 is 40.4 Å². The molecule has 3 rings (SSSR count). The number of thioether (sulfide) groups is 1. The van der Waals surface area contributed by atoms with Gasteiger partial charge in [-0.1, -0.05) is 24.3 Å². The minimum absolute atomic E-state index is 0.0156. The Morgan fingerprint density at radius 2 is 1.60 bits per heavy atom. The Kier molecular flexibility index (Phi) is 19.5. The first-order valence-corrected chi connectivity index (χ1v) is 18.1. The molecule has 0 bridgehead atoms. The lowest BCUT2D eigenvalue weighted by Gasteiger charge is -2.16. The van der Waals surface area contributed by atoms with E-state index in [0.717, 1.165) is 11.1 Å². The number of methoxy groups -OCH3 is 1. The second kappa shape index (κ2) is 23.8. The zero-order chi connectivity index (χ0) is 36.0. The Balaban J connectivity index is 1.52. The maximum absolute atomic E-state index is 13.1. The van der Waals surface area contributed by atoms with E-state index in [2.05, 4.69) is 20.3 Å². The fourth-order valence-corrected chi connectivity index (χ4v) is 5.76. The molecule has 0 radical (unpaired) electrons. The number of anilines is 1. The highest BCUT2D eigenvalue weighted by atomic mass is 32.2. The number of nitrogens with zero attached hydrogens (tertiary/aromatic N) is 3. The number of fused-ring (bicyclic) bond motifs is 1. The molecule has 1 unspecified atom stereocenters. The normalized spacial score (nSPS) is 12.0. The number of aromatic nitrogens is 4. The van der Waals surface area contributed by atoms with Crippen LogP contribution in [0, 0.1) is 5.92 Å². The highest BCUT2D eigenvalue weighted by Crippen LogP contribution is 2.20. The maximum atomic E-state index is 13.1. The van der Waals surface area contributed by atoms with Gasteiger partial charge >= 0.3 is 11.7 Å². The molecule has 16 heteroatoms. The largest absolute Gasteiger partial charge is 0.461 e. The van der Waals surface area contributed by atoms with E-state index in [1.165, 1.54) is 4.57 Å². The van der Waals surface area contributed by atoms with Crippen molar-refractivity contribution in [2.24, 2.45) is 5.92 Å². The average Bonchev–Trinajstić information content (AvgIpc) is 3.42. The molecule has 1 amide bonds. The summed E-state index contributed by atoms with van der Waals surface area (Å²) in [6, 6.07) is 7.74. The van der Waals surface area contributed by atoms with Crippen LogP contribution in [0.5, 0.6) is 6.01 Å². The van der Waals surface area contributed by atoms with Crippen LogP contribution in [0.3, 0.4) is 0 Å². The molecule has 0 saturated carbocycles. The molecular formula is C34H52N6O9S. The zero-order valence-electron chi connectivity index (χ0n) is 29.4. The average molecular weight is 721 g/mol. The van der Waals surface area contributed by atoms with Crippen LogP contribution in [0.2, 0.25) is 0 Å². The summed E-state index contributed by atoms with van der Waals surface area (Å²) in [6.07, 6.45) is 0.985. The quantitative estimate of drug-likeness (QED) is 0.0927. The predicted octanol–water partition coefficient (Wildman–Crippen LogP) is 2.24. The monoisotopic (exact) mass is 720 g/mol. The highest BCUT2D eigenvalue weighted by molar-refractivity contribution is 7.99. The lowest BCUT2D eigenvalue weighted by atomic mass is 9.98. The number of hydrogen-bond donors (Lipinski definition) is 3. The topological polar surface area (TPSA) is 191 Å². The van der Waals surface area contributed by atoms with Crippen molar-refractivity contribution in [2.45, 2.75) is 39.7 Å². The SMILES string of the molecule is CCOCCOCCNC(=O)C(CSCCOCCOCC)CC(=O)CCc1ccc(Cn2c(=O)[nH]c3c(N)nc(OCCOC)nc32)cc1. The van der Waals surface area contributed by atoms with Crippen molar-refractivity contribution < 1.29 is 38.0 Å². The molecule has 0 aliphatic heterocycles. The first kappa shape index (κ1) is 40.9. The fraction of sp³-hybridized carbons (Fsp3) is 0.618. The number of nitrogens with one attached hydrogen (secondary N) is 2. The molecule has 0 saturated heterocycles. The van der Waals surface area contributed by atoms with Gasteiger partial charge in [-0.15, -0.1) is 0 Å². The molecule has 0 aliphatic rings. The van der Waals surface area contributed by atoms with Gasteiger partial charge in [0.1, 0.15) is 17.9 Å². The summed E-state index contributed by atoms with van der Waals surface area (Å²) in [5, 5.41) is 2.91. The Bertz CT molecular complexity index is 1480. The van der Waals surface area contributed by atoms with Crippen LogP contribution < -0.4 is 21.5 Å². The summed E-state index contributed by atoms with van der Waals surface area (Å²) in [6.45, 7) is 9.31. The van der Waals surface area contributed by atoms with E-state index in [1.54, 1.807) is 18.9 Å². The van der Waals surface area contributed by atoms with Crippen LogP contribution in [0.1, 0.15) is 37.8 Å². The van der Waals surface area contributed by atoms with Gasteiger partial charge in [0.25, 0.3) is 0 Å². The summed E-state index contributed by atoms with van der Waals surface area (Å²) in [5.74, 6) is 0.736. The number of ether oxygens (including phenoxy) is 6. The van der Waals surface area contributed by atoms with E-state index < -0.39 is 5.92 Å². The molecule has 15 nitrogen and oxygen atoms in total. The highest BCUT2D eigenvalue weighted by Gasteiger charge is 2.22. The summed E-state index contributed by atoms with van der Waals surface area (Å²) in [4.78, 5) is 50.1. The Morgan fingerprint density at radius 3 is 2.30 bits per heavy atom. The fourth-order valence-electron chi connectivity index (χ4n) is 4.80. The third kappa shape index (κ3) is 14.7. The van der Waals surface area contributed by atoms with Crippen molar-refractivity contribution in [3.05, 3.63) is 45.9 Å². The number of aromatic amines is 1. The van der Waals surface area contributed by atoms with E-state index in [9.17, 15) is 14.4 Å². The molecule has 1 aromatic carbocycles. The third-order valence-corrected chi connectivity index (χ3v) is 8.53. The number of amides is 1. The predicted molar refractivity (Wildman–Crippen MR) is 192 cm³/mol. The van der Waals surface area contributed by atoms with E-state index in [4.69, 9.17) is 34.2 Å². The minimum Gasteiger partial charge on any atom is -0.461 e. The third-order valence-electron chi connectivity index (χ3n) is 7.44. The maximum Gasteiger partial charge on any atom is 0.328 e. The number of nitrogens with two attached hydrogens (primary N) is 1. The number of rotatable bonds is 28. The smallest absolute Gasteiger partial charge is 0.328 e. The number of carbonyl (C=O) groups excluding carboxylic acids is 2. The summed E-state index contributed by atoms with van der Waals surface area (Å²) < 4.78 is 33.6. The van der Waals surface area contributed by atoms with Gasteiger partial charge in [0.05, 0.1) is 58.7 Å². The lowest BCUT2D eigenvalue weighted by molar-refractivity contribution is -0.128. The summed E-state index contributed by atoms with van der Waals surface area (Å²) >= 11 is 1.59. The Labute approximate surface area is 297 Å². The molecule has 2 aromatic heterocycles. The molecule has 1 atom stereocenters. The standard InChI is InChI=1S/C34H52N6O9S/c1-4-45-15-17-47-13-12-36-32(42)27(24-50-21-20-48-18-16-46-5-2)22-28(41)11-10-25-6-8-26(9-7-25)23-40-31-29(37-34(40)43)30(35)38-33(39-31)49-19-14-44-3/h6-9,27H,4-5,10-24H2,1-3H3,(H,36,42)(H,37,43)(H2,35,38,39). The molecule has 3 aromatic rings. The van der Waals surface area contributed by atoms with Crippen LogP contribution in [-0.2, 0) is 46.2 Å². The molecular weight excluding hydrogens is 668 g/mol. The van der Waals surface area contributed by atoms with Crippen LogP contribution in [0.4, 0.5) is 5.82 Å². The molecule has 0 aliphatic carbocycles. The van der Waals surface area contributed by atoms with Crippen molar-refractivity contribution in [3.8, 4) is 6.01 Å². The van der Waals surface area contributed by atoms with Crippen LogP contribution in [-0.4, -0.2) is 122 Å². The summed E-state index contributed by atoms with van der Waals surface area (Å²) in [7, 11) is 1.56. The van der Waals surface area contributed by atoms with Crippen molar-refractivity contribution in [3.63, 3.8) is 0 Å². The van der Waals surface area contributed by atoms with Crippen molar-refractivity contribution in [2.75, 3.05) is 97.0 Å². The number of ketones is 1. The number of aryl methyl sites for hydroxylation is 1. The molecule has 50 heavy (non-hydrogen) atoms. The van der Waals surface area contributed by atoms with E-state index >= 15 is 0 Å². The van der Waals surface area contributed by atoms with Gasteiger partial charge in [0.2, 0.25) is 5.91 Å². The van der Waals surface area contributed by atoms with Crippen molar-refractivity contribution in [1.82, 2.24) is 24.8 Å².